The number of para-hydroxylation sites is 2. The molecule has 312 valence electrons. The molecule has 0 unspecified atom stereocenters. The van der Waals surface area contributed by atoms with Crippen molar-refractivity contribution >= 4 is 45.9 Å². The second-order valence-corrected chi connectivity index (χ2v) is 15.9. The molecular formula is C52H42N4O7. The van der Waals surface area contributed by atoms with Gasteiger partial charge in [0.15, 0.2) is 0 Å². The van der Waals surface area contributed by atoms with E-state index in [1.54, 1.807) is 12.4 Å². The van der Waals surface area contributed by atoms with Gasteiger partial charge in [0, 0.05) is 58.9 Å². The van der Waals surface area contributed by atoms with Crippen LogP contribution in [0.1, 0.15) is 45.2 Å². The van der Waals surface area contributed by atoms with Crippen LogP contribution in [0.4, 0.5) is 9.59 Å². The lowest BCUT2D eigenvalue weighted by Crippen LogP contribution is -2.48. The molecule has 2 aliphatic carbocycles. The molecule has 0 bridgehead atoms. The van der Waals surface area contributed by atoms with Gasteiger partial charge in [-0.05, 0) is 67.8 Å². The van der Waals surface area contributed by atoms with E-state index in [-0.39, 0.29) is 37.9 Å². The third-order valence-corrected chi connectivity index (χ3v) is 12.2. The van der Waals surface area contributed by atoms with Crippen molar-refractivity contribution in [1.82, 2.24) is 20.6 Å². The predicted octanol–water partition coefficient (Wildman–Crippen LogP) is 9.32. The quantitative estimate of drug-likeness (QED) is 0.0544. The lowest BCUT2D eigenvalue weighted by Gasteiger charge is -2.21. The Bertz CT molecular complexity index is 2750. The highest BCUT2D eigenvalue weighted by Crippen LogP contribution is 2.45. The topological polar surface area (TPSA) is 152 Å². The second kappa shape index (κ2) is 16.9. The zero-order valence-corrected chi connectivity index (χ0v) is 34.0. The molecule has 0 fully saturated rings. The normalized spacial score (nSPS) is 13.7. The number of rotatable bonds is 12. The first kappa shape index (κ1) is 39.2. The van der Waals surface area contributed by atoms with E-state index in [0.29, 0.717) is 11.1 Å². The summed E-state index contributed by atoms with van der Waals surface area (Å²) in [5.41, 5.74) is 11.6. The Hall–Kier alpha value is -7.92. The number of carbonyl (C=O) groups excluding carboxylic acids is 4. The maximum Gasteiger partial charge on any atom is 0.407 e. The van der Waals surface area contributed by atoms with Crippen molar-refractivity contribution < 1.29 is 33.4 Å². The zero-order valence-electron chi connectivity index (χ0n) is 34.0. The van der Waals surface area contributed by atoms with Crippen molar-refractivity contribution in [2.75, 3.05) is 13.2 Å². The van der Waals surface area contributed by atoms with Crippen LogP contribution < -0.4 is 10.6 Å². The number of fused-ring (bicyclic) bond motifs is 8. The molecule has 2 amide bonds. The van der Waals surface area contributed by atoms with E-state index in [4.69, 9.17) is 14.2 Å². The molecule has 0 saturated carbocycles. The minimum absolute atomic E-state index is 0.0183. The Kier molecular flexibility index (Phi) is 10.5. The van der Waals surface area contributed by atoms with Gasteiger partial charge in [-0.3, -0.25) is 0 Å². The SMILES string of the molecule is O=C(N[C@@H](Cc1c[nH]c2ccccc12)C(=O)OC(=O)[C@H](Cc1c[nH]c2ccccc12)NC(=O)OCC1c2ccccc2-c2ccccc21)OCC1c2ccccc2-c2ccccc21. The number of ether oxygens (including phenoxy) is 3. The van der Waals surface area contributed by atoms with Crippen molar-refractivity contribution in [2.45, 2.75) is 36.8 Å². The molecule has 0 aliphatic heterocycles. The van der Waals surface area contributed by atoms with Crippen LogP contribution in [0.5, 0.6) is 0 Å². The van der Waals surface area contributed by atoms with Gasteiger partial charge >= 0.3 is 24.1 Å². The third-order valence-electron chi connectivity index (χ3n) is 12.2. The van der Waals surface area contributed by atoms with Crippen LogP contribution in [-0.2, 0) is 36.6 Å². The lowest BCUT2D eigenvalue weighted by atomic mass is 9.98. The number of benzene rings is 6. The van der Waals surface area contributed by atoms with Crippen LogP contribution in [-0.4, -0.2) is 59.4 Å². The van der Waals surface area contributed by atoms with Crippen LogP contribution in [0.3, 0.4) is 0 Å². The summed E-state index contributed by atoms with van der Waals surface area (Å²) in [5, 5.41) is 7.07. The number of hydrogen-bond acceptors (Lipinski definition) is 7. The van der Waals surface area contributed by atoms with Gasteiger partial charge in [0.2, 0.25) is 0 Å². The Morgan fingerprint density at radius 3 is 1.17 bits per heavy atom. The molecule has 2 aliphatic rings. The number of nitrogens with one attached hydrogen (secondary N) is 4. The van der Waals surface area contributed by atoms with Gasteiger partial charge in [-0.2, -0.15) is 0 Å². The summed E-state index contributed by atoms with van der Waals surface area (Å²) in [4.78, 5) is 62.1. The van der Waals surface area contributed by atoms with Gasteiger partial charge in [0.1, 0.15) is 25.3 Å². The van der Waals surface area contributed by atoms with Crippen LogP contribution >= 0.6 is 0 Å². The fourth-order valence-electron chi connectivity index (χ4n) is 9.23. The molecular weight excluding hydrogens is 793 g/mol. The molecule has 11 nitrogen and oxygen atoms in total. The molecule has 0 radical (unpaired) electrons. The number of amides is 2. The molecule has 11 heteroatoms. The largest absolute Gasteiger partial charge is 0.449 e. The Morgan fingerprint density at radius 2 is 0.794 bits per heavy atom. The molecule has 8 aromatic rings. The first-order chi connectivity index (χ1) is 30.9. The molecule has 2 heterocycles. The van der Waals surface area contributed by atoms with Gasteiger partial charge in [-0.15, -0.1) is 0 Å². The van der Waals surface area contributed by atoms with Gasteiger partial charge < -0.3 is 34.8 Å². The second-order valence-electron chi connectivity index (χ2n) is 15.9. The van der Waals surface area contributed by atoms with Crippen LogP contribution in [0, 0.1) is 0 Å². The predicted molar refractivity (Wildman–Crippen MR) is 239 cm³/mol. The first-order valence-electron chi connectivity index (χ1n) is 21.0. The Balaban J connectivity index is 0.876. The molecule has 2 atom stereocenters. The van der Waals surface area contributed by atoms with E-state index in [0.717, 1.165) is 66.3 Å². The highest BCUT2D eigenvalue weighted by Gasteiger charge is 2.34. The van der Waals surface area contributed by atoms with Gasteiger partial charge in [0.25, 0.3) is 0 Å². The Labute approximate surface area is 362 Å². The molecule has 10 rings (SSSR count). The monoisotopic (exact) mass is 834 g/mol. The average molecular weight is 835 g/mol. The summed E-state index contributed by atoms with van der Waals surface area (Å²) in [6.45, 7) is 0.0365. The maximum atomic E-state index is 14.2. The van der Waals surface area contributed by atoms with E-state index in [1.165, 1.54) is 0 Å². The highest BCUT2D eigenvalue weighted by atomic mass is 16.6. The van der Waals surface area contributed by atoms with Gasteiger partial charge in [-0.1, -0.05) is 133 Å². The smallest absolute Gasteiger partial charge is 0.407 e. The molecule has 63 heavy (non-hydrogen) atoms. The number of hydrogen-bond donors (Lipinski definition) is 4. The molecule has 2 aromatic heterocycles. The number of alkyl carbamates (subject to hydrolysis) is 2. The van der Waals surface area contributed by atoms with E-state index >= 15 is 0 Å². The van der Waals surface area contributed by atoms with E-state index < -0.39 is 36.2 Å². The summed E-state index contributed by atoms with van der Waals surface area (Å²) in [6.07, 6.45) is 1.77. The summed E-state index contributed by atoms with van der Waals surface area (Å²) >= 11 is 0. The minimum atomic E-state index is -1.34. The lowest BCUT2D eigenvalue weighted by molar-refractivity contribution is -0.162. The van der Waals surface area contributed by atoms with Crippen molar-refractivity contribution in [2.24, 2.45) is 0 Å². The van der Waals surface area contributed by atoms with Gasteiger partial charge in [0.05, 0.1) is 0 Å². The number of aromatic amines is 2. The molecule has 0 spiro atoms. The van der Waals surface area contributed by atoms with Crippen molar-refractivity contribution in [3.8, 4) is 22.3 Å². The first-order valence-corrected chi connectivity index (χ1v) is 21.0. The van der Waals surface area contributed by atoms with Crippen LogP contribution in [0.15, 0.2) is 158 Å². The van der Waals surface area contributed by atoms with Gasteiger partial charge in [-0.25, -0.2) is 19.2 Å². The number of aromatic nitrogens is 2. The average Bonchev–Trinajstić information content (AvgIpc) is 4.08. The van der Waals surface area contributed by atoms with Crippen molar-refractivity contribution in [1.29, 1.82) is 0 Å². The number of carbonyl (C=O) groups is 4. The zero-order chi connectivity index (χ0) is 42.9. The summed E-state index contributed by atoms with van der Waals surface area (Å²) in [5.74, 6) is -2.45. The van der Waals surface area contributed by atoms with Crippen molar-refractivity contribution in [3.05, 3.63) is 191 Å². The molecule has 0 saturated heterocycles. The van der Waals surface area contributed by atoms with E-state index in [1.807, 2.05) is 146 Å². The molecule has 6 aromatic carbocycles. The third kappa shape index (κ3) is 7.69. The summed E-state index contributed by atoms with van der Waals surface area (Å²) in [6, 6.07) is 44.5. The fraction of sp³-hybridized carbons (Fsp3) is 0.154. The highest BCUT2D eigenvalue weighted by molar-refractivity contribution is 5.95. The standard InChI is InChI=1S/C52H42N4O7/c57-49(47(25-31-27-53-45-23-11-9-13-33(31)45)55-51(59)61-29-43-39-19-5-1-15-35(39)36-16-2-6-20-40(36)43)63-50(58)48(26-32-28-54-46-24-12-10-14-34(32)46)56-52(60)62-30-44-41-21-7-3-17-37(41)38-18-4-8-22-42(38)44/h1-24,27-28,43-44,47-48,53-54H,25-26,29-30H2,(H,55,59)(H,56,60)/t47-,48-/m0/s1. The Morgan fingerprint density at radius 1 is 0.460 bits per heavy atom. The van der Waals surface area contributed by atoms with Crippen LogP contribution in [0.2, 0.25) is 0 Å². The fourth-order valence-corrected chi connectivity index (χ4v) is 9.23. The maximum absolute atomic E-state index is 14.2. The number of H-pyrrole nitrogens is 2. The van der Waals surface area contributed by atoms with Crippen molar-refractivity contribution in [3.63, 3.8) is 0 Å². The summed E-state index contributed by atoms with van der Waals surface area (Å²) < 4.78 is 17.3. The summed E-state index contributed by atoms with van der Waals surface area (Å²) in [7, 11) is 0. The van der Waals surface area contributed by atoms with Crippen LogP contribution in [0.25, 0.3) is 44.1 Å². The minimum Gasteiger partial charge on any atom is -0.449 e. The number of esters is 2. The molecule has 4 N–H and O–H groups in total. The van der Waals surface area contributed by atoms with E-state index in [9.17, 15) is 19.2 Å². The van der Waals surface area contributed by atoms with E-state index in [2.05, 4.69) is 20.6 Å².